The van der Waals surface area contributed by atoms with Crippen LogP contribution < -0.4 is 4.46 Å². The van der Waals surface area contributed by atoms with Gasteiger partial charge in [-0.2, -0.15) is 0 Å². The molecule has 0 bridgehead atoms. The van der Waals surface area contributed by atoms with E-state index in [1.54, 1.807) is 0 Å². The van der Waals surface area contributed by atoms with Gasteiger partial charge in [-0.15, -0.1) is 0 Å². The summed E-state index contributed by atoms with van der Waals surface area (Å²) < 4.78 is 2.35. The van der Waals surface area contributed by atoms with E-state index in [1.807, 2.05) is 6.07 Å². The van der Waals surface area contributed by atoms with E-state index in [0.717, 1.165) is 4.47 Å². The molecule has 2 aromatic carbocycles. The molecule has 0 spiro atoms. The van der Waals surface area contributed by atoms with Crippen LogP contribution in [0.3, 0.4) is 0 Å². The molecule has 2 rings (SSSR count). The van der Waals surface area contributed by atoms with Crippen molar-refractivity contribution in [1.29, 1.82) is 0 Å². The van der Waals surface area contributed by atoms with Crippen LogP contribution in [0.15, 0.2) is 40.9 Å². The predicted molar refractivity (Wildman–Crippen MR) is 57.0 cm³/mol. The first kappa shape index (κ1) is 8.30. The summed E-state index contributed by atoms with van der Waals surface area (Å²) in [7, 11) is 0. The molecule has 0 unspecified atom stereocenters. The third-order valence-corrected chi connectivity index (χ3v) is 3.27. The van der Waals surface area contributed by atoms with Crippen molar-refractivity contribution in [2.75, 3.05) is 0 Å². The van der Waals surface area contributed by atoms with Crippen molar-refractivity contribution in [3.05, 3.63) is 40.9 Å². The van der Waals surface area contributed by atoms with Gasteiger partial charge >= 0.3 is 88.0 Å². The van der Waals surface area contributed by atoms with Crippen LogP contribution in [0.2, 0.25) is 0 Å². The molecule has 0 atom stereocenters. The summed E-state index contributed by atoms with van der Waals surface area (Å²) in [5.41, 5.74) is 0. The van der Waals surface area contributed by atoms with Crippen LogP contribution in [-0.2, 0) is 0 Å². The standard InChI is InChI=1S/C10H6BrSe/c11-9-5-1-4-8-7(9)3-2-6-10(8)12/h1-6H. The molecule has 0 saturated heterocycles. The Hall–Kier alpha value is -0.301. The van der Waals surface area contributed by atoms with Crippen LogP contribution in [0.1, 0.15) is 0 Å². The van der Waals surface area contributed by atoms with Crippen LogP contribution in [0.5, 0.6) is 0 Å². The minimum absolute atomic E-state index is 1.15. The van der Waals surface area contributed by atoms with Gasteiger partial charge in [-0.1, -0.05) is 0 Å². The molecule has 0 fully saturated rings. The molecule has 0 nitrogen and oxygen atoms in total. The van der Waals surface area contributed by atoms with E-state index in [1.165, 1.54) is 15.2 Å². The zero-order chi connectivity index (χ0) is 8.55. The molecular formula is C10H6BrSe. The quantitative estimate of drug-likeness (QED) is 0.652. The maximum atomic E-state index is 3.52. The third kappa shape index (κ3) is 1.31. The van der Waals surface area contributed by atoms with Crippen molar-refractivity contribution < 1.29 is 0 Å². The molecule has 59 valence electrons. The van der Waals surface area contributed by atoms with Gasteiger partial charge in [0.2, 0.25) is 0 Å². The summed E-state index contributed by atoms with van der Waals surface area (Å²) in [6.07, 6.45) is 0. The fourth-order valence-electron chi connectivity index (χ4n) is 1.24. The second kappa shape index (κ2) is 3.21. The van der Waals surface area contributed by atoms with Crippen molar-refractivity contribution in [2.24, 2.45) is 0 Å². The van der Waals surface area contributed by atoms with Crippen LogP contribution in [0.25, 0.3) is 10.8 Å². The molecule has 0 heterocycles. The van der Waals surface area contributed by atoms with Crippen LogP contribution in [0, 0.1) is 0 Å². The Labute approximate surface area is 87.9 Å². The molecule has 0 amide bonds. The number of fused-ring (bicyclic) bond motifs is 1. The van der Waals surface area contributed by atoms with Crippen molar-refractivity contribution in [2.45, 2.75) is 0 Å². The Morgan fingerprint density at radius 2 is 1.58 bits per heavy atom. The number of rotatable bonds is 0. The Bertz CT molecular complexity index is 382. The Balaban J connectivity index is 2.94. The van der Waals surface area contributed by atoms with Gasteiger partial charge in [0.05, 0.1) is 0 Å². The van der Waals surface area contributed by atoms with Crippen LogP contribution in [-0.4, -0.2) is 16.0 Å². The Morgan fingerprint density at radius 3 is 2.33 bits per heavy atom. The molecule has 12 heavy (non-hydrogen) atoms. The maximum absolute atomic E-state index is 3.52. The second-order valence-corrected chi connectivity index (χ2v) is 4.37. The zero-order valence-corrected chi connectivity index (χ0v) is 9.55. The van der Waals surface area contributed by atoms with Gasteiger partial charge < -0.3 is 0 Å². The van der Waals surface area contributed by atoms with E-state index < -0.39 is 0 Å². The van der Waals surface area contributed by atoms with E-state index in [0.29, 0.717) is 0 Å². The van der Waals surface area contributed by atoms with Gasteiger partial charge in [-0.3, -0.25) is 0 Å². The van der Waals surface area contributed by atoms with Gasteiger partial charge in [0.25, 0.3) is 0 Å². The second-order valence-electron chi connectivity index (χ2n) is 2.59. The average molecular weight is 285 g/mol. The summed E-state index contributed by atoms with van der Waals surface area (Å²) >= 11 is 6.57. The number of benzene rings is 2. The van der Waals surface area contributed by atoms with Gasteiger partial charge in [0.1, 0.15) is 0 Å². The SMILES string of the molecule is [Se]c1cccc2c(Br)cccc12. The van der Waals surface area contributed by atoms with E-state index >= 15 is 0 Å². The van der Waals surface area contributed by atoms with E-state index in [2.05, 4.69) is 62.3 Å². The molecule has 2 aromatic rings. The fraction of sp³-hybridized carbons (Fsp3) is 0. The molecule has 1 radical (unpaired) electrons. The zero-order valence-electron chi connectivity index (χ0n) is 6.25. The van der Waals surface area contributed by atoms with Gasteiger partial charge in [0, 0.05) is 0 Å². The van der Waals surface area contributed by atoms with Crippen molar-refractivity contribution in [1.82, 2.24) is 0 Å². The Morgan fingerprint density at radius 1 is 0.917 bits per heavy atom. The topological polar surface area (TPSA) is 0 Å². The van der Waals surface area contributed by atoms with Crippen molar-refractivity contribution in [3.8, 4) is 0 Å². The molecule has 2 heteroatoms. The van der Waals surface area contributed by atoms with Gasteiger partial charge in [-0.05, 0) is 0 Å². The summed E-state index contributed by atoms with van der Waals surface area (Å²) in [6, 6.07) is 12.5. The first-order valence-electron chi connectivity index (χ1n) is 3.63. The van der Waals surface area contributed by atoms with Gasteiger partial charge in [-0.25, -0.2) is 0 Å². The van der Waals surface area contributed by atoms with E-state index in [4.69, 9.17) is 0 Å². The predicted octanol–water partition coefficient (Wildman–Crippen LogP) is 2.40. The van der Waals surface area contributed by atoms with E-state index in [9.17, 15) is 0 Å². The summed E-state index contributed by atoms with van der Waals surface area (Å²) in [5.74, 6) is 0. The molecule has 0 aliphatic heterocycles. The Kier molecular flexibility index (Phi) is 2.22. The van der Waals surface area contributed by atoms with Gasteiger partial charge in [0.15, 0.2) is 0 Å². The summed E-state index contributed by atoms with van der Waals surface area (Å²) in [4.78, 5) is 0. The van der Waals surface area contributed by atoms with Crippen molar-refractivity contribution in [3.63, 3.8) is 0 Å². The fourth-order valence-corrected chi connectivity index (χ4v) is 2.28. The summed E-state index contributed by atoms with van der Waals surface area (Å²) in [5, 5.41) is 2.53. The molecule has 0 saturated carbocycles. The minimum atomic E-state index is 1.15. The van der Waals surface area contributed by atoms with Crippen LogP contribution >= 0.6 is 15.9 Å². The first-order chi connectivity index (χ1) is 5.79. The number of hydrogen-bond donors (Lipinski definition) is 0. The molecule has 0 N–H and O–H groups in total. The molecule has 0 aliphatic rings. The van der Waals surface area contributed by atoms with Crippen LogP contribution in [0.4, 0.5) is 0 Å². The normalized spacial score (nSPS) is 10.4. The summed E-state index contributed by atoms with van der Waals surface area (Å²) in [6.45, 7) is 0. The average Bonchev–Trinajstić information content (AvgIpc) is 2.07. The van der Waals surface area contributed by atoms with Crippen molar-refractivity contribution >= 4 is 47.2 Å². The van der Waals surface area contributed by atoms with E-state index in [-0.39, 0.29) is 0 Å². The number of halogens is 1. The third-order valence-electron chi connectivity index (χ3n) is 1.83. The molecular weight excluding hydrogens is 279 g/mol. The number of hydrogen-bond acceptors (Lipinski definition) is 0. The monoisotopic (exact) mass is 285 g/mol. The first-order valence-corrected chi connectivity index (χ1v) is 5.28. The molecule has 0 aromatic heterocycles. The molecule has 0 aliphatic carbocycles.